The molecule has 2 heterocycles. The van der Waals surface area contributed by atoms with Gasteiger partial charge >= 0.3 is 0 Å². The van der Waals surface area contributed by atoms with Gasteiger partial charge in [-0.25, -0.2) is 21.1 Å². The first-order chi connectivity index (χ1) is 12.7. The Bertz CT molecular complexity index is 842. The minimum Gasteiger partial charge on any atom is -0.497 e. The number of piperidine rings is 1. The van der Waals surface area contributed by atoms with Crippen LogP contribution >= 0.6 is 0 Å². The van der Waals surface area contributed by atoms with Crippen molar-refractivity contribution in [2.24, 2.45) is 5.92 Å². The van der Waals surface area contributed by atoms with Gasteiger partial charge in [0.1, 0.15) is 11.0 Å². The first-order valence-electron chi connectivity index (χ1n) is 9.21. The Balaban J connectivity index is 1.52. The predicted octanol–water partition coefficient (Wildman–Crippen LogP) is 0.828. The van der Waals surface area contributed by atoms with Crippen LogP contribution in [0, 0.1) is 5.92 Å². The maximum absolute atomic E-state index is 12.7. The van der Waals surface area contributed by atoms with E-state index in [1.807, 2.05) is 24.3 Å². The van der Waals surface area contributed by atoms with Gasteiger partial charge < -0.3 is 9.84 Å². The molecule has 2 fully saturated rings. The summed E-state index contributed by atoms with van der Waals surface area (Å²) in [7, 11) is -5.64. The summed E-state index contributed by atoms with van der Waals surface area (Å²) >= 11 is 0. The molecule has 0 bridgehead atoms. The summed E-state index contributed by atoms with van der Waals surface area (Å²) in [5, 5.41) is 8.67. The predicted molar refractivity (Wildman–Crippen MR) is 103 cm³/mol. The highest BCUT2D eigenvalue weighted by molar-refractivity contribution is 7.95. The molecule has 0 spiro atoms. The zero-order valence-corrected chi connectivity index (χ0v) is 17.1. The molecule has 1 aromatic rings. The molecule has 2 saturated heterocycles. The van der Waals surface area contributed by atoms with Crippen molar-refractivity contribution in [3.63, 3.8) is 0 Å². The van der Waals surface area contributed by atoms with E-state index in [4.69, 9.17) is 4.74 Å². The second-order valence-corrected chi connectivity index (χ2v) is 11.8. The lowest BCUT2D eigenvalue weighted by Gasteiger charge is -2.33. The van der Waals surface area contributed by atoms with E-state index >= 15 is 0 Å². The third-order valence-electron chi connectivity index (χ3n) is 5.59. The number of methoxy groups -OCH3 is 1. The van der Waals surface area contributed by atoms with Gasteiger partial charge in [-0.2, -0.15) is 0 Å². The summed E-state index contributed by atoms with van der Waals surface area (Å²) in [6.07, 6.45) is 2.10. The fourth-order valence-corrected chi connectivity index (χ4v) is 8.53. The van der Waals surface area contributed by atoms with Crippen LogP contribution in [0.2, 0.25) is 0 Å². The molecule has 9 heteroatoms. The molecule has 0 aliphatic carbocycles. The topological polar surface area (TPSA) is 101 Å². The van der Waals surface area contributed by atoms with Crippen LogP contribution in [0.25, 0.3) is 0 Å². The first-order valence-corrected chi connectivity index (χ1v) is 12.5. The van der Waals surface area contributed by atoms with E-state index in [0.29, 0.717) is 19.0 Å². The Kier molecular flexibility index (Phi) is 6.14. The maximum atomic E-state index is 12.7. The number of aliphatic hydroxyl groups excluding tert-OH is 1. The van der Waals surface area contributed by atoms with Crippen LogP contribution in [0.3, 0.4) is 0 Å². The quantitative estimate of drug-likeness (QED) is 0.736. The molecule has 2 unspecified atom stereocenters. The molecule has 7 nitrogen and oxygen atoms in total. The molecule has 152 valence electrons. The lowest BCUT2D eigenvalue weighted by Crippen LogP contribution is -2.47. The average Bonchev–Trinajstić information content (AvgIpc) is 2.94. The SMILES string of the molecule is COc1ccc(CCC2CCN(S(=O)(=O)C3CS(=O)(=O)CC3O)CC2)cc1. The highest BCUT2D eigenvalue weighted by Gasteiger charge is 2.47. The van der Waals surface area contributed by atoms with Crippen molar-refractivity contribution in [2.75, 3.05) is 31.7 Å². The van der Waals surface area contributed by atoms with Crippen molar-refractivity contribution in [1.82, 2.24) is 4.31 Å². The number of sulfone groups is 1. The highest BCUT2D eigenvalue weighted by Crippen LogP contribution is 2.29. The fourth-order valence-electron chi connectivity index (χ4n) is 3.89. The second-order valence-electron chi connectivity index (χ2n) is 7.46. The van der Waals surface area contributed by atoms with Crippen molar-refractivity contribution in [1.29, 1.82) is 0 Å². The van der Waals surface area contributed by atoms with Gasteiger partial charge in [0.15, 0.2) is 9.84 Å². The minimum atomic E-state index is -3.79. The van der Waals surface area contributed by atoms with Crippen LogP contribution < -0.4 is 4.74 Å². The van der Waals surface area contributed by atoms with E-state index in [2.05, 4.69) is 0 Å². The molecule has 1 N–H and O–H groups in total. The third-order valence-corrected chi connectivity index (χ3v) is 9.85. The lowest BCUT2D eigenvalue weighted by atomic mass is 9.91. The zero-order chi connectivity index (χ0) is 19.7. The van der Waals surface area contributed by atoms with E-state index < -0.39 is 42.7 Å². The molecular weight excluding hydrogens is 390 g/mol. The number of nitrogens with zero attached hydrogens (tertiary/aromatic N) is 1. The summed E-state index contributed by atoms with van der Waals surface area (Å²) in [6, 6.07) is 7.96. The summed E-state index contributed by atoms with van der Waals surface area (Å²) in [5.74, 6) is 0.326. The van der Waals surface area contributed by atoms with Gasteiger partial charge in [-0.05, 0) is 49.3 Å². The van der Waals surface area contributed by atoms with Crippen LogP contribution in [0.1, 0.15) is 24.8 Å². The molecule has 2 atom stereocenters. The molecule has 2 aliphatic rings. The van der Waals surface area contributed by atoms with Crippen LogP contribution in [-0.4, -0.2) is 69.3 Å². The molecule has 0 saturated carbocycles. The first kappa shape index (κ1) is 20.6. The number of hydrogen-bond donors (Lipinski definition) is 1. The summed E-state index contributed by atoms with van der Waals surface area (Å²) in [5.41, 5.74) is 1.23. The summed E-state index contributed by atoms with van der Waals surface area (Å²) in [6.45, 7) is 0.776. The molecule has 0 aromatic heterocycles. The Morgan fingerprint density at radius 1 is 1.15 bits per heavy atom. The Hall–Kier alpha value is -1.16. The number of benzene rings is 1. The van der Waals surface area contributed by atoms with E-state index in [9.17, 15) is 21.9 Å². The van der Waals surface area contributed by atoms with Crippen LogP contribution in [0.15, 0.2) is 24.3 Å². The second kappa shape index (κ2) is 8.06. The van der Waals surface area contributed by atoms with E-state index in [1.54, 1.807) is 7.11 Å². The number of aryl methyl sites for hydroxylation is 1. The number of aliphatic hydroxyl groups is 1. The summed E-state index contributed by atoms with van der Waals surface area (Å²) in [4.78, 5) is 0. The molecule has 1 aromatic carbocycles. The van der Waals surface area contributed by atoms with Gasteiger partial charge in [-0.3, -0.25) is 0 Å². The lowest BCUT2D eigenvalue weighted by molar-refractivity contribution is 0.197. The Morgan fingerprint density at radius 2 is 1.78 bits per heavy atom. The van der Waals surface area contributed by atoms with E-state index in [0.717, 1.165) is 31.4 Å². The average molecular weight is 418 g/mol. The van der Waals surface area contributed by atoms with Crippen LogP contribution in [-0.2, 0) is 26.3 Å². The van der Waals surface area contributed by atoms with Crippen LogP contribution in [0.5, 0.6) is 5.75 Å². The van der Waals surface area contributed by atoms with Crippen molar-refractivity contribution < 1.29 is 26.7 Å². The number of sulfonamides is 1. The van der Waals surface area contributed by atoms with Crippen molar-refractivity contribution in [2.45, 2.75) is 37.0 Å². The summed E-state index contributed by atoms with van der Waals surface area (Å²) < 4.78 is 55.2. The number of hydrogen-bond acceptors (Lipinski definition) is 6. The molecule has 0 amide bonds. The fraction of sp³-hybridized carbons (Fsp3) is 0.667. The minimum absolute atomic E-state index is 0.388. The van der Waals surface area contributed by atoms with Gasteiger partial charge in [0.05, 0.1) is 24.7 Å². The standard InChI is InChI=1S/C18H27NO6S2/c1-25-16-6-4-14(5-7-16)2-3-15-8-10-19(11-9-15)27(23,24)18-13-26(21,22)12-17(18)20/h4-7,15,17-18,20H,2-3,8-13H2,1H3. The van der Waals surface area contributed by atoms with Crippen molar-refractivity contribution in [3.05, 3.63) is 29.8 Å². The molecule has 2 aliphatic heterocycles. The largest absolute Gasteiger partial charge is 0.497 e. The van der Waals surface area contributed by atoms with Gasteiger partial charge in [0, 0.05) is 13.1 Å². The molecule has 3 rings (SSSR count). The van der Waals surface area contributed by atoms with E-state index in [-0.39, 0.29) is 0 Å². The zero-order valence-electron chi connectivity index (χ0n) is 15.5. The van der Waals surface area contributed by atoms with E-state index in [1.165, 1.54) is 9.87 Å². The normalized spacial score (nSPS) is 26.9. The van der Waals surface area contributed by atoms with Crippen molar-refractivity contribution in [3.8, 4) is 5.75 Å². The molecule has 27 heavy (non-hydrogen) atoms. The molecule has 0 radical (unpaired) electrons. The van der Waals surface area contributed by atoms with Crippen LogP contribution in [0.4, 0.5) is 0 Å². The highest BCUT2D eigenvalue weighted by atomic mass is 32.2. The van der Waals surface area contributed by atoms with Gasteiger partial charge in [0.25, 0.3) is 0 Å². The number of rotatable bonds is 6. The van der Waals surface area contributed by atoms with Crippen molar-refractivity contribution >= 4 is 19.9 Å². The van der Waals surface area contributed by atoms with Gasteiger partial charge in [0.2, 0.25) is 10.0 Å². The van der Waals surface area contributed by atoms with Gasteiger partial charge in [-0.1, -0.05) is 12.1 Å². The monoisotopic (exact) mass is 417 g/mol. The number of ether oxygens (including phenoxy) is 1. The molecular formula is C18H27NO6S2. The maximum Gasteiger partial charge on any atom is 0.220 e. The Morgan fingerprint density at radius 3 is 2.30 bits per heavy atom. The Labute approximate surface area is 161 Å². The van der Waals surface area contributed by atoms with Gasteiger partial charge in [-0.15, -0.1) is 0 Å². The smallest absolute Gasteiger partial charge is 0.220 e. The third kappa shape index (κ3) is 4.82.